The van der Waals surface area contributed by atoms with E-state index < -0.39 is 18.1 Å². The highest BCUT2D eigenvalue weighted by atomic mass is 35.5. The van der Waals surface area contributed by atoms with Crippen LogP contribution in [0.3, 0.4) is 0 Å². The largest absolute Gasteiger partial charge is 0.390 e. The number of rotatable bonds is 3. The number of aliphatic hydroxyl groups is 1. The monoisotopic (exact) mass is 152 g/mol. The van der Waals surface area contributed by atoms with Crippen molar-refractivity contribution in [3.05, 3.63) is 0 Å². The van der Waals surface area contributed by atoms with Crippen molar-refractivity contribution in [2.75, 3.05) is 5.88 Å². The van der Waals surface area contributed by atoms with Gasteiger partial charge in [-0.25, -0.2) is 0 Å². The molecule has 0 aromatic heterocycles. The summed E-state index contributed by atoms with van der Waals surface area (Å²) in [6, 6.07) is -1.05. The quantitative estimate of drug-likeness (QED) is 0.426. The van der Waals surface area contributed by atoms with Crippen LogP contribution in [0.25, 0.3) is 0 Å². The summed E-state index contributed by atoms with van der Waals surface area (Å²) in [6.07, 6.45) is -1.04. The van der Waals surface area contributed by atoms with E-state index >= 15 is 0 Å². The van der Waals surface area contributed by atoms with E-state index in [1.807, 2.05) is 0 Å². The maximum atomic E-state index is 10.2. The average molecular weight is 153 g/mol. The summed E-state index contributed by atoms with van der Waals surface area (Å²) >= 11 is 5.15. The standard InChI is InChI=1S/C4H9ClN2O2/c5-1-2(8)3(6)4(7)9/h2-3,8H,1,6H2,(H2,7,9)/t2?,3-/m0/s1. The van der Waals surface area contributed by atoms with Gasteiger partial charge in [0.1, 0.15) is 6.04 Å². The molecule has 0 aromatic rings. The Morgan fingerprint density at radius 3 is 2.33 bits per heavy atom. The number of carbonyl (C=O) groups excluding carboxylic acids is 1. The fraction of sp³-hybridized carbons (Fsp3) is 0.750. The van der Waals surface area contributed by atoms with Crippen LogP contribution in [0.2, 0.25) is 0 Å². The molecule has 0 fully saturated rings. The van der Waals surface area contributed by atoms with Crippen molar-refractivity contribution in [3.63, 3.8) is 0 Å². The molecule has 0 saturated heterocycles. The molecule has 0 saturated carbocycles. The van der Waals surface area contributed by atoms with E-state index in [4.69, 9.17) is 28.2 Å². The van der Waals surface area contributed by atoms with Gasteiger partial charge in [0, 0.05) is 0 Å². The summed E-state index contributed by atoms with van der Waals surface area (Å²) in [4.78, 5) is 10.2. The van der Waals surface area contributed by atoms with E-state index in [1.165, 1.54) is 0 Å². The first-order valence-corrected chi connectivity index (χ1v) is 2.92. The first kappa shape index (κ1) is 8.68. The fourth-order valence-electron chi connectivity index (χ4n) is 0.286. The summed E-state index contributed by atoms with van der Waals surface area (Å²) < 4.78 is 0. The smallest absolute Gasteiger partial charge is 0.237 e. The van der Waals surface area contributed by atoms with Gasteiger partial charge in [-0.15, -0.1) is 11.6 Å². The number of aliphatic hydroxyl groups excluding tert-OH is 1. The number of halogens is 1. The van der Waals surface area contributed by atoms with Gasteiger partial charge in [0.15, 0.2) is 0 Å². The third kappa shape index (κ3) is 2.64. The second-order valence-corrected chi connectivity index (χ2v) is 1.96. The molecule has 0 aliphatic carbocycles. The van der Waals surface area contributed by atoms with Crippen LogP contribution in [0.1, 0.15) is 0 Å². The molecule has 0 rings (SSSR count). The van der Waals surface area contributed by atoms with Crippen LogP contribution in [0.15, 0.2) is 0 Å². The lowest BCUT2D eigenvalue weighted by Gasteiger charge is -2.11. The zero-order valence-corrected chi connectivity index (χ0v) is 5.51. The van der Waals surface area contributed by atoms with Gasteiger partial charge in [0.25, 0.3) is 0 Å². The first-order valence-electron chi connectivity index (χ1n) is 2.38. The van der Waals surface area contributed by atoms with Crippen LogP contribution in [0, 0.1) is 0 Å². The summed E-state index contributed by atoms with van der Waals surface area (Å²) in [7, 11) is 0. The highest BCUT2D eigenvalue weighted by Gasteiger charge is 2.18. The third-order valence-corrected chi connectivity index (χ3v) is 1.22. The molecule has 54 valence electrons. The maximum absolute atomic E-state index is 10.2. The van der Waals surface area contributed by atoms with E-state index in [2.05, 4.69) is 0 Å². The lowest BCUT2D eigenvalue weighted by Crippen LogP contribution is -2.46. The molecular formula is C4H9ClN2O2. The molecule has 0 aliphatic heterocycles. The lowest BCUT2D eigenvalue weighted by molar-refractivity contribution is -0.121. The Hall–Kier alpha value is -0.320. The summed E-state index contributed by atoms with van der Waals surface area (Å²) in [5.41, 5.74) is 9.79. The van der Waals surface area contributed by atoms with Gasteiger partial charge in [0.05, 0.1) is 12.0 Å². The van der Waals surface area contributed by atoms with Crippen LogP contribution in [0.4, 0.5) is 0 Å². The SMILES string of the molecule is NC(=O)[C@@H](N)C(O)CCl. The van der Waals surface area contributed by atoms with Crippen molar-refractivity contribution < 1.29 is 9.90 Å². The van der Waals surface area contributed by atoms with Crippen molar-refractivity contribution in [2.45, 2.75) is 12.1 Å². The van der Waals surface area contributed by atoms with Crippen LogP contribution in [-0.2, 0) is 4.79 Å². The summed E-state index contributed by atoms with van der Waals surface area (Å²) in [5.74, 6) is -0.826. The van der Waals surface area contributed by atoms with Crippen LogP contribution < -0.4 is 11.5 Å². The predicted octanol–water partition coefficient (Wildman–Crippen LogP) is -1.60. The highest BCUT2D eigenvalue weighted by molar-refractivity contribution is 6.18. The molecule has 5 heteroatoms. The lowest BCUT2D eigenvalue weighted by atomic mass is 10.2. The minimum absolute atomic E-state index is 0.0793. The molecule has 0 aliphatic rings. The number of primary amides is 1. The molecule has 9 heavy (non-hydrogen) atoms. The number of amides is 1. The van der Waals surface area contributed by atoms with E-state index in [-0.39, 0.29) is 5.88 Å². The number of alkyl halides is 1. The van der Waals surface area contributed by atoms with Crippen molar-refractivity contribution in [2.24, 2.45) is 11.5 Å². The molecule has 1 unspecified atom stereocenters. The van der Waals surface area contributed by atoms with Gasteiger partial charge in [-0.3, -0.25) is 4.79 Å². The summed E-state index contributed by atoms with van der Waals surface area (Å²) in [6.45, 7) is 0. The Bertz CT molecular complexity index is 109. The molecule has 0 radical (unpaired) electrons. The Morgan fingerprint density at radius 1 is 1.78 bits per heavy atom. The van der Waals surface area contributed by atoms with E-state index in [0.29, 0.717) is 0 Å². The minimum Gasteiger partial charge on any atom is -0.390 e. The number of nitrogens with two attached hydrogens (primary N) is 2. The summed E-state index contributed by atoms with van der Waals surface area (Å²) in [5, 5.41) is 8.74. The minimum atomic E-state index is -1.05. The second kappa shape index (κ2) is 3.66. The Morgan fingerprint density at radius 2 is 2.22 bits per heavy atom. The van der Waals surface area contributed by atoms with Crippen LogP contribution in [-0.4, -0.2) is 29.0 Å². The predicted molar refractivity (Wildman–Crippen MR) is 33.9 cm³/mol. The van der Waals surface area contributed by atoms with Gasteiger partial charge in [0.2, 0.25) is 5.91 Å². The van der Waals surface area contributed by atoms with Gasteiger partial charge in [-0.1, -0.05) is 0 Å². The van der Waals surface area contributed by atoms with Crippen molar-refractivity contribution in [1.82, 2.24) is 0 Å². The molecule has 1 amide bonds. The molecular weight excluding hydrogens is 144 g/mol. The Kier molecular flexibility index (Phi) is 3.53. The molecule has 2 atom stereocenters. The fourth-order valence-corrected chi connectivity index (χ4v) is 0.478. The Labute approximate surface area is 57.8 Å². The molecule has 0 aromatic carbocycles. The van der Waals surface area contributed by atoms with Gasteiger partial charge in [-0.2, -0.15) is 0 Å². The molecule has 0 spiro atoms. The third-order valence-electron chi connectivity index (χ3n) is 0.901. The van der Waals surface area contributed by atoms with Crippen LogP contribution in [0.5, 0.6) is 0 Å². The topological polar surface area (TPSA) is 89.3 Å². The van der Waals surface area contributed by atoms with Crippen molar-refractivity contribution >= 4 is 17.5 Å². The van der Waals surface area contributed by atoms with Gasteiger partial charge in [-0.05, 0) is 0 Å². The normalized spacial score (nSPS) is 16.8. The van der Waals surface area contributed by atoms with E-state index in [0.717, 1.165) is 0 Å². The molecule has 0 heterocycles. The van der Waals surface area contributed by atoms with Gasteiger partial charge >= 0.3 is 0 Å². The van der Waals surface area contributed by atoms with E-state index in [9.17, 15) is 4.79 Å². The number of hydrogen-bond acceptors (Lipinski definition) is 3. The van der Waals surface area contributed by atoms with Crippen LogP contribution >= 0.6 is 11.6 Å². The maximum Gasteiger partial charge on any atom is 0.237 e. The number of carbonyl (C=O) groups is 1. The Balaban J connectivity index is 3.72. The number of hydrogen-bond donors (Lipinski definition) is 3. The van der Waals surface area contributed by atoms with Crippen molar-refractivity contribution in [3.8, 4) is 0 Å². The molecule has 5 N–H and O–H groups in total. The highest BCUT2D eigenvalue weighted by Crippen LogP contribution is 1.91. The molecule has 4 nitrogen and oxygen atoms in total. The van der Waals surface area contributed by atoms with Crippen molar-refractivity contribution in [1.29, 1.82) is 0 Å². The first-order chi connectivity index (χ1) is 4.09. The zero-order chi connectivity index (χ0) is 7.44. The van der Waals surface area contributed by atoms with Gasteiger partial charge < -0.3 is 16.6 Å². The average Bonchev–Trinajstić information content (AvgIpc) is 1.84. The molecule has 0 bridgehead atoms. The zero-order valence-electron chi connectivity index (χ0n) is 4.75. The van der Waals surface area contributed by atoms with E-state index in [1.54, 1.807) is 0 Å². The second-order valence-electron chi connectivity index (χ2n) is 1.65.